The Kier molecular flexibility index (Phi) is 8.07. The molecule has 1 heterocycles. The lowest BCUT2D eigenvalue weighted by Gasteiger charge is -2.10. The van der Waals surface area contributed by atoms with Gasteiger partial charge in [-0.15, -0.1) is 0 Å². The summed E-state index contributed by atoms with van der Waals surface area (Å²) >= 11 is 6.16. The molecule has 3 N–H and O–H groups in total. The molecule has 3 rings (SSSR count). The van der Waals surface area contributed by atoms with Crippen molar-refractivity contribution in [2.24, 2.45) is 5.73 Å². The number of halogens is 1. The minimum Gasteiger partial charge on any atom is -0.486 e. The first kappa shape index (κ1) is 22.6. The number of amides is 1. The Hall–Kier alpha value is -3.72. The van der Waals surface area contributed by atoms with E-state index < -0.39 is 4.92 Å². The molecule has 0 atom stereocenters. The number of benzene rings is 2. The SMILES string of the molecule is Cc1ccc(Cl)c(COc2cnc(Nc3c(C)cccc3[N+](=O)[O-])nc2)c1.NC=O. The maximum Gasteiger partial charge on any atom is 0.293 e. The standard InChI is InChI=1S/C19H17ClN4O3.CH3NO/c1-12-6-7-16(20)14(8-12)11-27-15-9-21-19(22-10-15)23-18-13(2)4-3-5-17(18)24(25)26;2-1-3/h3-10H,11H2,1-2H3,(H,21,22,23);1H,(H2,2,3). The first-order valence-electron chi connectivity index (χ1n) is 8.72. The van der Waals surface area contributed by atoms with Crippen LogP contribution in [0.3, 0.4) is 0 Å². The maximum atomic E-state index is 11.2. The number of nitrogens with one attached hydrogen (secondary N) is 1. The monoisotopic (exact) mass is 429 g/mol. The van der Waals surface area contributed by atoms with Crippen LogP contribution in [-0.2, 0) is 11.4 Å². The first-order valence-corrected chi connectivity index (χ1v) is 9.09. The number of ether oxygens (including phenoxy) is 1. The maximum absolute atomic E-state index is 11.2. The number of carbonyl (C=O) groups is 1. The van der Waals surface area contributed by atoms with Crippen LogP contribution >= 0.6 is 11.6 Å². The van der Waals surface area contributed by atoms with Gasteiger partial charge in [0.1, 0.15) is 12.3 Å². The molecule has 0 radical (unpaired) electrons. The summed E-state index contributed by atoms with van der Waals surface area (Å²) in [4.78, 5) is 27.7. The number of nitrogens with zero attached hydrogens (tertiary/aromatic N) is 3. The highest BCUT2D eigenvalue weighted by Crippen LogP contribution is 2.29. The van der Waals surface area contributed by atoms with Crippen molar-refractivity contribution in [3.63, 3.8) is 0 Å². The highest BCUT2D eigenvalue weighted by Gasteiger charge is 2.16. The molecule has 2 aromatic carbocycles. The van der Waals surface area contributed by atoms with E-state index in [2.05, 4.69) is 21.0 Å². The van der Waals surface area contributed by atoms with Gasteiger partial charge in [-0.05, 0) is 25.5 Å². The van der Waals surface area contributed by atoms with Gasteiger partial charge in [0.15, 0.2) is 5.75 Å². The molecule has 0 spiro atoms. The number of hydrogen-bond donors (Lipinski definition) is 2. The van der Waals surface area contributed by atoms with E-state index in [1.54, 1.807) is 19.1 Å². The minimum atomic E-state index is -0.446. The number of anilines is 2. The average Bonchev–Trinajstić information content (AvgIpc) is 2.71. The molecule has 3 aromatic rings. The largest absolute Gasteiger partial charge is 0.486 e. The third-order valence-electron chi connectivity index (χ3n) is 3.91. The van der Waals surface area contributed by atoms with Gasteiger partial charge in [-0.2, -0.15) is 0 Å². The number of nitrogens with two attached hydrogens (primary N) is 1. The quantitative estimate of drug-likeness (QED) is 0.342. The third-order valence-corrected chi connectivity index (χ3v) is 4.28. The molecule has 156 valence electrons. The lowest BCUT2D eigenvalue weighted by atomic mass is 10.1. The average molecular weight is 430 g/mol. The van der Waals surface area contributed by atoms with E-state index in [4.69, 9.17) is 21.1 Å². The van der Waals surface area contributed by atoms with Gasteiger partial charge in [0.05, 0.1) is 17.3 Å². The summed E-state index contributed by atoms with van der Waals surface area (Å²) in [5.74, 6) is 0.714. The Morgan fingerprint density at radius 1 is 1.23 bits per heavy atom. The van der Waals surface area contributed by atoms with Crippen LogP contribution in [0.25, 0.3) is 0 Å². The fraction of sp³-hybridized carbons (Fsp3) is 0.150. The molecule has 10 heteroatoms. The van der Waals surface area contributed by atoms with E-state index in [1.807, 2.05) is 25.1 Å². The summed E-state index contributed by atoms with van der Waals surface area (Å²) < 4.78 is 5.67. The minimum absolute atomic E-state index is 0.0342. The molecule has 0 saturated heterocycles. The molecule has 30 heavy (non-hydrogen) atoms. The predicted molar refractivity (Wildman–Crippen MR) is 114 cm³/mol. The molecule has 1 amide bonds. The van der Waals surface area contributed by atoms with Crippen LogP contribution in [0.2, 0.25) is 5.02 Å². The van der Waals surface area contributed by atoms with E-state index >= 15 is 0 Å². The van der Waals surface area contributed by atoms with Gasteiger partial charge in [-0.3, -0.25) is 14.9 Å². The van der Waals surface area contributed by atoms with Crippen molar-refractivity contribution in [3.05, 3.63) is 80.6 Å². The smallest absolute Gasteiger partial charge is 0.293 e. The number of aryl methyl sites for hydroxylation is 2. The molecular formula is C20H20ClN5O4. The fourth-order valence-corrected chi connectivity index (χ4v) is 2.68. The molecule has 9 nitrogen and oxygen atoms in total. The molecule has 0 unspecified atom stereocenters. The van der Waals surface area contributed by atoms with Crippen LogP contribution in [-0.4, -0.2) is 21.3 Å². The van der Waals surface area contributed by atoms with Crippen molar-refractivity contribution < 1.29 is 14.5 Å². The van der Waals surface area contributed by atoms with Crippen LogP contribution in [0.5, 0.6) is 5.75 Å². The normalized spacial score (nSPS) is 9.83. The number of nitro benzene ring substituents is 1. The molecule has 0 saturated carbocycles. The number of para-hydroxylation sites is 1. The number of primary amides is 1. The second-order valence-electron chi connectivity index (χ2n) is 6.11. The molecule has 0 aliphatic rings. The van der Waals surface area contributed by atoms with Crippen molar-refractivity contribution in [1.29, 1.82) is 0 Å². The third kappa shape index (κ3) is 6.14. The van der Waals surface area contributed by atoms with Crippen molar-refractivity contribution in [1.82, 2.24) is 9.97 Å². The van der Waals surface area contributed by atoms with E-state index in [1.165, 1.54) is 18.5 Å². The highest BCUT2D eigenvalue weighted by molar-refractivity contribution is 6.31. The van der Waals surface area contributed by atoms with Crippen molar-refractivity contribution in [2.45, 2.75) is 20.5 Å². The summed E-state index contributed by atoms with van der Waals surface area (Å²) in [6, 6.07) is 10.6. The van der Waals surface area contributed by atoms with Crippen LogP contribution in [0.1, 0.15) is 16.7 Å². The van der Waals surface area contributed by atoms with Crippen molar-refractivity contribution >= 4 is 35.3 Å². The summed E-state index contributed by atoms with van der Waals surface area (Å²) in [6.45, 7) is 4.05. The lowest BCUT2D eigenvalue weighted by Crippen LogP contribution is -2.03. The second-order valence-corrected chi connectivity index (χ2v) is 6.52. The Balaban J connectivity index is 0.00000101. The number of hydrogen-bond acceptors (Lipinski definition) is 7. The molecule has 1 aromatic heterocycles. The summed E-state index contributed by atoms with van der Waals surface area (Å²) in [7, 11) is 0. The van der Waals surface area contributed by atoms with E-state index in [-0.39, 0.29) is 18.0 Å². The number of nitro groups is 1. The number of rotatable bonds is 6. The van der Waals surface area contributed by atoms with Gasteiger partial charge in [-0.1, -0.05) is 41.4 Å². The summed E-state index contributed by atoms with van der Waals surface area (Å²) in [5, 5.41) is 14.7. The molecule has 0 aliphatic heterocycles. The van der Waals surface area contributed by atoms with Gasteiger partial charge >= 0.3 is 0 Å². The Labute approximate surface area is 178 Å². The number of carbonyl (C=O) groups excluding carboxylic acids is 1. The summed E-state index contributed by atoms with van der Waals surface area (Å²) in [6.07, 6.45) is 3.26. The van der Waals surface area contributed by atoms with Gasteiger partial charge in [-0.25, -0.2) is 9.97 Å². The van der Waals surface area contributed by atoms with Gasteiger partial charge in [0, 0.05) is 16.7 Å². The highest BCUT2D eigenvalue weighted by atomic mass is 35.5. The van der Waals surface area contributed by atoms with Crippen LogP contribution < -0.4 is 15.8 Å². The second kappa shape index (κ2) is 10.7. The Bertz CT molecular complexity index is 1030. The van der Waals surface area contributed by atoms with E-state index in [9.17, 15) is 10.1 Å². The van der Waals surface area contributed by atoms with E-state index in [0.29, 0.717) is 23.1 Å². The van der Waals surface area contributed by atoms with Crippen molar-refractivity contribution in [2.75, 3.05) is 5.32 Å². The zero-order valence-electron chi connectivity index (χ0n) is 16.3. The van der Waals surface area contributed by atoms with Crippen LogP contribution in [0.15, 0.2) is 48.8 Å². The van der Waals surface area contributed by atoms with Crippen LogP contribution in [0.4, 0.5) is 17.3 Å². The molecule has 0 aliphatic carbocycles. The molecule has 0 bridgehead atoms. The molecule has 0 fully saturated rings. The topological polar surface area (TPSA) is 133 Å². The van der Waals surface area contributed by atoms with Crippen LogP contribution in [0, 0.1) is 24.0 Å². The first-order chi connectivity index (χ1) is 14.3. The molecular weight excluding hydrogens is 410 g/mol. The Morgan fingerprint density at radius 3 is 2.53 bits per heavy atom. The number of aromatic nitrogens is 2. The van der Waals surface area contributed by atoms with Crippen molar-refractivity contribution in [3.8, 4) is 5.75 Å². The predicted octanol–water partition coefficient (Wildman–Crippen LogP) is 4.08. The fourth-order valence-electron chi connectivity index (χ4n) is 2.51. The Morgan fingerprint density at radius 2 is 1.90 bits per heavy atom. The van der Waals surface area contributed by atoms with E-state index in [0.717, 1.165) is 16.7 Å². The van der Waals surface area contributed by atoms with Gasteiger partial charge in [0.2, 0.25) is 12.4 Å². The summed E-state index contributed by atoms with van der Waals surface area (Å²) in [5.41, 5.74) is 7.18. The van der Waals surface area contributed by atoms with Gasteiger partial charge < -0.3 is 15.8 Å². The zero-order chi connectivity index (χ0) is 22.1. The lowest BCUT2D eigenvalue weighted by molar-refractivity contribution is -0.384. The van der Waals surface area contributed by atoms with Gasteiger partial charge in [0.25, 0.3) is 5.69 Å². The zero-order valence-corrected chi connectivity index (χ0v) is 17.1.